The van der Waals surface area contributed by atoms with Crippen LogP contribution in [0.1, 0.15) is 15.9 Å². The molecule has 0 spiro atoms. The molecule has 0 aliphatic carbocycles. The second-order valence-electron chi connectivity index (χ2n) is 4.33. The van der Waals surface area contributed by atoms with Gasteiger partial charge in [0.2, 0.25) is 10.0 Å². The Balaban J connectivity index is 2.27. The van der Waals surface area contributed by atoms with Crippen LogP contribution in [0.5, 0.6) is 0 Å². The highest BCUT2D eigenvalue weighted by Crippen LogP contribution is 2.20. The lowest BCUT2D eigenvalue weighted by atomic mass is 10.1. The van der Waals surface area contributed by atoms with Gasteiger partial charge in [0.15, 0.2) is 0 Å². The van der Waals surface area contributed by atoms with Gasteiger partial charge < -0.3 is 5.32 Å². The first-order valence-electron chi connectivity index (χ1n) is 6.00. The van der Waals surface area contributed by atoms with Crippen molar-refractivity contribution in [2.75, 3.05) is 5.32 Å². The Labute approximate surface area is 131 Å². The van der Waals surface area contributed by atoms with Crippen molar-refractivity contribution in [1.29, 1.82) is 0 Å². The van der Waals surface area contributed by atoms with E-state index in [9.17, 15) is 13.2 Å². The molecule has 7 heteroatoms. The van der Waals surface area contributed by atoms with Gasteiger partial charge in [0.1, 0.15) is 4.90 Å². The Kier molecular flexibility index (Phi) is 4.76. The van der Waals surface area contributed by atoms with Crippen LogP contribution in [0.2, 0.25) is 0 Å². The van der Waals surface area contributed by atoms with Crippen LogP contribution in [0.4, 0.5) is 5.69 Å². The minimum atomic E-state index is -3.89. The molecular formula is C14H13BrN2O3S. The van der Waals surface area contributed by atoms with Crippen molar-refractivity contribution in [2.24, 2.45) is 5.14 Å². The van der Waals surface area contributed by atoms with Crippen LogP contribution in [0.15, 0.2) is 53.4 Å². The number of benzene rings is 2. The predicted molar refractivity (Wildman–Crippen MR) is 84.8 cm³/mol. The van der Waals surface area contributed by atoms with Crippen LogP contribution in [0, 0.1) is 0 Å². The van der Waals surface area contributed by atoms with E-state index >= 15 is 0 Å². The summed E-state index contributed by atoms with van der Waals surface area (Å²) >= 11 is 3.32. The maximum absolute atomic E-state index is 12.1. The number of halogens is 1. The summed E-state index contributed by atoms with van der Waals surface area (Å²) in [5.74, 6) is -0.396. The molecule has 5 nitrogen and oxygen atoms in total. The number of alkyl halides is 1. The molecule has 0 radical (unpaired) electrons. The summed E-state index contributed by atoms with van der Waals surface area (Å²) in [6.45, 7) is 0. The number of carbonyl (C=O) groups excluding carboxylic acids is 1. The molecule has 3 N–H and O–H groups in total. The molecule has 0 aromatic heterocycles. The molecule has 1 amide bonds. The average Bonchev–Trinajstić information content (AvgIpc) is 2.47. The highest BCUT2D eigenvalue weighted by Gasteiger charge is 2.15. The van der Waals surface area contributed by atoms with Gasteiger partial charge in [-0.05, 0) is 29.8 Å². The van der Waals surface area contributed by atoms with Crippen LogP contribution in [0.3, 0.4) is 0 Å². The lowest BCUT2D eigenvalue weighted by molar-refractivity contribution is 0.102. The molecule has 0 bridgehead atoms. The van der Waals surface area contributed by atoms with Crippen LogP contribution < -0.4 is 10.5 Å². The second kappa shape index (κ2) is 6.38. The standard InChI is InChI=1S/C14H13BrN2O3S/c15-9-10-5-7-11(8-6-10)14(18)17-12-3-1-2-4-13(12)21(16,19)20/h1-8H,9H2,(H,17,18)(H2,16,19,20). The molecular weight excluding hydrogens is 356 g/mol. The summed E-state index contributed by atoms with van der Waals surface area (Å²) in [7, 11) is -3.89. The third-order valence-electron chi connectivity index (χ3n) is 2.81. The summed E-state index contributed by atoms with van der Waals surface area (Å²) in [6.07, 6.45) is 0. The van der Waals surface area contributed by atoms with Crippen molar-refractivity contribution in [2.45, 2.75) is 10.2 Å². The zero-order chi connectivity index (χ0) is 15.5. The smallest absolute Gasteiger partial charge is 0.255 e. The summed E-state index contributed by atoms with van der Waals surface area (Å²) in [6, 6.07) is 13.0. The van der Waals surface area contributed by atoms with Gasteiger partial charge in [-0.3, -0.25) is 4.79 Å². The van der Waals surface area contributed by atoms with Crippen molar-refractivity contribution in [3.8, 4) is 0 Å². The largest absolute Gasteiger partial charge is 0.321 e. The van der Waals surface area contributed by atoms with Crippen molar-refractivity contribution in [1.82, 2.24) is 0 Å². The topological polar surface area (TPSA) is 89.3 Å². The quantitative estimate of drug-likeness (QED) is 0.812. The summed E-state index contributed by atoms with van der Waals surface area (Å²) in [5.41, 5.74) is 1.63. The van der Waals surface area contributed by atoms with E-state index in [4.69, 9.17) is 5.14 Å². The molecule has 0 fully saturated rings. The molecule has 110 valence electrons. The zero-order valence-corrected chi connectivity index (χ0v) is 13.3. The summed E-state index contributed by atoms with van der Waals surface area (Å²) in [5, 5.41) is 8.38. The fraction of sp³-hybridized carbons (Fsp3) is 0.0714. The van der Waals surface area contributed by atoms with Gasteiger partial charge in [-0.25, -0.2) is 13.6 Å². The lowest BCUT2D eigenvalue weighted by Crippen LogP contribution is -2.18. The number of anilines is 1. The lowest BCUT2D eigenvalue weighted by Gasteiger charge is -2.09. The third kappa shape index (κ3) is 3.90. The number of nitrogens with two attached hydrogens (primary N) is 1. The van der Waals surface area contributed by atoms with Gasteiger partial charge in [-0.15, -0.1) is 0 Å². The number of hydrogen-bond donors (Lipinski definition) is 2. The zero-order valence-electron chi connectivity index (χ0n) is 10.9. The Morgan fingerprint density at radius 3 is 2.29 bits per heavy atom. The van der Waals surface area contributed by atoms with E-state index in [-0.39, 0.29) is 10.6 Å². The van der Waals surface area contributed by atoms with Crippen molar-refractivity contribution >= 4 is 37.5 Å². The Bertz CT molecular complexity index is 758. The number of carbonyl (C=O) groups is 1. The maximum atomic E-state index is 12.1. The molecule has 21 heavy (non-hydrogen) atoms. The number of primary sulfonamides is 1. The molecule has 0 saturated heterocycles. The van der Waals surface area contributed by atoms with Gasteiger partial charge in [0.25, 0.3) is 5.91 Å². The van der Waals surface area contributed by atoms with Crippen molar-refractivity contribution in [3.05, 3.63) is 59.7 Å². The molecule has 0 unspecified atom stereocenters. The molecule has 0 aliphatic heterocycles. The number of para-hydroxylation sites is 1. The van der Waals surface area contributed by atoms with E-state index < -0.39 is 15.9 Å². The molecule has 2 rings (SSSR count). The highest BCUT2D eigenvalue weighted by atomic mass is 79.9. The number of rotatable bonds is 4. The van der Waals surface area contributed by atoms with Crippen molar-refractivity contribution in [3.63, 3.8) is 0 Å². The molecule has 2 aromatic carbocycles. The van der Waals surface area contributed by atoms with Crippen LogP contribution >= 0.6 is 15.9 Å². The van der Waals surface area contributed by atoms with Crippen LogP contribution in [-0.4, -0.2) is 14.3 Å². The van der Waals surface area contributed by atoms with E-state index in [1.807, 2.05) is 12.1 Å². The highest BCUT2D eigenvalue weighted by molar-refractivity contribution is 9.08. The molecule has 0 aliphatic rings. The van der Waals surface area contributed by atoms with Gasteiger partial charge in [0, 0.05) is 10.9 Å². The van der Waals surface area contributed by atoms with Crippen LogP contribution in [0.25, 0.3) is 0 Å². The van der Waals surface area contributed by atoms with Gasteiger partial charge in [-0.1, -0.05) is 40.2 Å². The van der Waals surface area contributed by atoms with Crippen molar-refractivity contribution < 1.29 is 13.2 Å². The van der Waals surface area contributed by atoms with Crippen LogP contribution in [-0.2, 0) is 15.4 Å². The van der Waals surface area contributed by atoms with E-state index in [1.165, 1.54) is 12.1 Å². The molecule has 2 aromatic rings. The minimum absolute atomic E-state index is 0.115. The Morgan fingerprint density at radius 2 is 1.71 bits per heavy atom. The summed E-state index contributed by atoms with van der Waals surface area (Å²) < 4.78 is 23.0. The molecule has 0 saturated carbocycles. The second-order valence-corrected chi connectivity index (χ2v) is 6.42. The molecule has 0 heterocycles. The fourth-order valence-corrected chi connectivity index (χ4v) is 2.83. The van der Waals surface area contributed by atoms with Gasteiger partial charge >= 0.3 is 0 Å². The average molecular weight is 369 g/mol. The maximum Gasteiger partial charge on any atom is 0.255 e. The minimum Gasteiger partial charge on any atom is -0.321 e. The number of hydrogen-bond acceptors (Lipinski definition) is 3. The van der Waals surface area contributed by atoms with E-state index in [0.29, 0.717) is 10.9 Å². The predicted octanol–water partition coefficient (Wildman–Crippen LogP) is 2.48. The first kappa shape index (κ1) is 15.7. The monoisotopic (exact) mass is 368 g/mol. The number of sulfonamides is 1. The van der Waals surface area contributed by atoms with E-state index in [0.717, 1.165) is 5.56 Å². The fourth-order valence-electron chi connectivity index (χ4n) is 1.76. The number of amides is 1. The third-order valence-corrected chi connectivity index (χ3v) is 4.43. The number of nitrogens with one attached hydrogen (secondary N) is 1. The van der Waals surface area contributed by atoms with E-state index in [1.54, 1.807) is 24.3 Å². The molecule has 0 atom stereocenters. The SMILES string of the molecule is NS(=O)(=O)c1ccccc1NC(=O)c1ccc(CBr)cc1. The Hall–Kier alpha value is -1.70. The van der Waals surface area contributed by atoms with Gasteiger partial charge in [0.05, 0.1) is 5.69 Å². The summed E-state index contributed by atoms with van der Waals surface area (Å²) in [4.78, 5) is 12.0. The normalized spacial score (nSPS) is 11.1. The van der Waals surface area contributed by atoms with E-state index in [2.05, 4.69) is 21.2 Å². The first-order chi connectivity index (χ1) is 9.91. The first-order valence-corrected chi connectivity index (χ1v) is 8.66. The Morgan fingerprint density at radius 1 is 1.10 bits per heavy atom. The van der Waals surface area contributed by atoms with Gasteiger partial charge in [-0.2, -0.15) is 0 Å².